The summed E-state index contributed by atoms with van der Waals surface area (Å²) >= 11 is 0. The number of fused-ring (bicyclic) bond motifs is 1. The number of hydrogen-bond donors (Lipinski definition) is 1. The van der Waals surface area contributed by atoms with E-state index in [1.807, 2.05) is 48.5 Å². The second kappa shape index (κ2) is 6.48. The summed E-state index contributed by atoms with van der Waals surface area (Å²) in [6, 6.07) is 16.1. The Hall–Kier alpha value is -2.88. The third-order valence-corrected chi connectivity index (χ3v) is 3.90. The molecule has 0 saturated heterocycles. The molecule has 0 unspecified atom stereocenters. The molecule has 0 spiro atoms. The third-order valence-electron chi connectivity index (χ3n) is 3.90. The van der Waals surface area contributed by atoms with E-state index in [4.69, 9.17) is 4.74 Å². The average molecular weight is 307 g/mol. The van der Waals surface area contributed by atoms with Gasteiger partial charge in [-0.25, -0.2) is 4.79 Å². The van der Waals surface area contributed by atoms with E-state index in [0.717, 1.165) is 11.1 Å². The maximum atomic E-state index is 12.5. The Balaban J connectivity index is 1.79. The van der Waals surface area contributed by atoms with E-state index < -0.39 is 12.0 Å². The van der Waals surface area contributed by atoms with Crippen LogP contribution >= 0.6 is 0 Å². The highest BCUT2D eigenvalue weighted by Crippen LogP contribution is 2.25. The lowest BCUT2D eigenvalue weighted by atomic mass is 10.1. The molecule has 4 nitrogen and oxygen atoms in total. The Morgan fingerprint density at radius 2 is 1.74 bits per heavy atom. The number of rotatable bonds is 4. The van der Waals surface area contributed by atoms with Crippen molar-refractivity contribution in [2.24, 2.45) is 0 Å². The smallest absolute Gasteiger partial charge is 0.333 e. The van der Waals surface area contributed by atoms with Gasteiger partial charge in [-0.1, -0.05) is 54.6 Å². The zero-order valence-corrected chi connectivity index (χ0v) is 12.8. The summed E-state index contributed by atoms with van der Waals surface area (Å²) in [5.41, 5.74) is 3.51. The molecule has 23 heavy (non-hydrogen) atoms. The van der Waals surface area contributed by atoms with Gasteiger partial charge in [0.1, 0.15) is 0 Å². The number of esters is 1. The fourth-order valence-electron chi connectivity index (χ4n) is 2.69. The van der Waals surface area contributed by atoms with Gasteiger partial charge < -0.3 is 10.1 Å². The molecule has 0 heterocycles. The summed E-state index contributed by atoms with van der Waals surface area (Å²) in [5, 5.41) is 2.78. The minimum atomic E-state index is -0.807. The van der Waals surface area contributed by atoms with Crippen LogP contribution in [-0.4, -0.2) is 19.0 Å². The summed E-state index contributed by atoms with van der Waals surface area (Å²) in [4.78, 5) is 24.6. The van der Waals surface area contributed by atoms with Crippen LogP contribution in [-0.2, 0) is 20.7 Å². The molecule has 2 aromatic rings. The van der Waals surface area contributed by atoms with Crippen LogP contribution in [0.2, 0.25) is 0 Å². The molecule has 2 aromatic carbocycles. The zero-order valence-electron chi connectivity index (χ0n) is 12.8. The molecule has 0 aliphatic heterocycles. The Morgan fingerprint density at radius 3 is 2.43 bits per heavy atom. The van der Waals surface area contributed by atoms with Crippen LogP contribution in [0.3, 0.4) is 0 Å². The SMILES string of the molecule is COC(=O)[C@H](NC(=O)C1=Cc2ccccc2C1)c1ccccc1. The van der Waals surface area contributed by atoms with Crippen molar-refractivity contribution >= 4 is 18.0 Å². The summed E-state index contributed by atoms with van der Waals surface area (Å²) in [6.45, 7) is 0. The van der Waals surface area contributed by atoms with E-state index >= 15 is 0 Å². The molecular formula is C19H17NO3. The minimum absolute atomic E-state index is 0.250. The van der Waals surface area contributed by atoms with Gasteiger partial charge in [-0.05, 0) is 22.8 Å². The van der Waals surface area contributed by atoms with Crippen LogP contribution in [0.4, 0.5) is 0 Å². The minimum Gasteiger partial charge on any atom is -0.467 e. The van der Waals surface area contributed by atoms with Crippen LogP contribution < -0.4 is 5.32 Å². The van der Waals surface area contributed by atoms with Crippen molar-refractivity contribution in [3.63, 3.8) is 0 Å². The van der Waals surface area contributed by atoms with Gasteiger partial charge in [-0.3, -0.25) is 4.79 Å². The largest absolute Gasteiger partial charge is 0.467 e. The van der Waals surface area contributed by atoms with E-state index in [-0.39, 0.29) is 5.91 Å². The highest BCUT2D eigenvalue weighted by molar-refractivity contribution is 6.02. The molecule has 0 radical (unpaired) electrons. The van der Waals surface area contributed by atoms with E-state index in [1.165, 1.54) is 7.11 Å². The number of benzene rings is 2. The van der Waals surface area contributed by atoms with Gasteiger partial charge in [0.15, 0.2) is 6.04 Å². The fraction of sp³-hybridized carbons (Fsp3) is 0.158. The Labute approximate surface area is 134 Å². The van der Waals surface area contributed by atoms with Gasteiger partial charge in [-0.15, -0.1) is 0 Å². The number of nitrogens with one attached hydrogen (secondary N) is 1. The number of carbonyl (C=O) groups excluding carboxylic acids is 2. The lowest BCUT2D eigenvalue weighted by molar-refractivity contribution is -0.144. The fourth-order valence-corrected chi connectivity index (χ4v) is 2.69. The van der Waals surface area contributed by atoms with Crippen molar-refractivity contribution in [2.75, 3.05) is 7.11 Å². The van der Waals surface area contributed by atoms with Gasteiger partial charge >= 0.3 is 5.97 Å². The molecule has 1 atom stereocenters. The highest BCUT2D eigenvalue weighted by atomic mass is 16.5. The monoisotopic (exact) mass is 307 g/mol. The number of hydrogen-bond acceptors (Lipinski definition) is 3. The molecule has 0 aromatic heterocycles. The predicted molar refractivity (Wildman–Crippen MR) is 87.5 cm³/mol. The molecule has 0 fully saturated rings. The molecule has 0 saturated carbocycles. The highest BCUT2D eigenvalue weighted by Gasteiger charge is 2.26. The molecule has 3 rings (SSSR count). The second-order valence-corrected chi connectivity index (χ2v) is 5.39. The van der Waals surface area contributed by atoms with Crippen molar-refractivity contribution in [3.05, 3.63) is 76.9 Å². The van der Waals surface area contributed by atoms with E-state index in [1.54, 1.807) is 12.1 Å². The Morgan fingerprint density at radius 1 is 1.04 bits per heavy atom. The van der Waals surface area contributed by atoms with Crippen LogP contribution in [0.5, 0.6) is 0 Å². The van der Waals surface area contributed by atoms with Crippen molar-refractivity contribution in [2.45, 2.75) is 12.5 Å². The molecule has 1 N–H and O–H groups in total. The first-order valence-electron chi connectivity index (χ1n) is 7.41. The van der Waals surface area contributed by atoms with Crippen molar-refractivity contribution in [1.29, 1.82) is 0 Å². The standard InChI is InChI=1S/C19H17NO3/c1-23-19(22)17(13-7-3-2-4-8-13)20-18(21)16-11-14-9-5-6-10-15(14)12-16/h2-11,17H,12H2,1H3,(H,20,21)/t17-/m1/s1. The molecular weight excluding hydrogens is 290 g/mol. The zero-order chi connectivity index (χ0) is 16.2. The lowest BCUT2D eigenvalue weighted by Gasteiger charge is -2.17. The molecule has 1 aliphatic rings. The van der Waals surface area contributed by atoms with E-state index in [9.17, 15) is 9.59 Å². The summed E-state index contributed by atoms with van der Waals surface area (Å²) < 4.78 is 4.82. The van der Waals surface area contributed by atoms with Gasteiger partial charge in [0, 0.05) is 12.0 Å². The van der Waals surface area contributed by atoms with Crippen molar-refractivity contribution in [3.8, 4) is 0 Å². The Bertz CT molecular complexity index is 765. The number of methoxy groups -OCH3 is 1. The topological polar surface area (TPSA) is 55.4 Å². The van der Waals surface area contributed by atoms with Gasteiger partial charge in [0.25, 0.3) is 0 Å². The third kappa shape index (κ3) is 3.16. The molecule has 116 valence electrons. The first-order chi connectivity index (χ1) is 11.2. The second-order valence-electron chi connectivity index (χ2n) is 5.39. The van der Waals surface area contributed by atoms with E-state index in [0.29, 0.717) is 17.6 Å². The summed E-state index contributed by atoms with van der Waals surface area (Å²) in [7, 11) is 1.31. The number of amides is 1. The molecule has 0 bridgehead atoms. The lowest BCUT2D eigenvalue weighted by Crippen LogP contribution is -2.35. The van der Waals surface area contributed by atoms with Crippen LogP contribution in [0.1, 0.15) is 22.7 Å². The number of ether oxygens (including phenoxy) is 1. The maximum absolute atomic E-state index is 12.5. The quantitative estimate of drug-likeness (QED) is 0.884. The maximum Gasteiger partial charge on any atom is 0.333 e. The van der Waals surface area contributed by atoms with Gasteiger partial charge in [0.2, 0.25) is 5.91 Å². The van der Waals surface area contributed by atoms with Crippen LogP contribution in [0.15, 0.2) is 60.2 Å². The summed E-state index contributed by atoms with van der Waals surface area (Å²) in [6.07, 6.45) is 2.44. The number of carbonyl (C=O) groups is 2. The molecule has 4 heteroatoms. The van der Waals surface area contributed by atoms with Gasteiger partial charge in [-0.2, -0.15) is 0 Å². The predicted octanol–water partition coefficient (Wildman–Crippen LogP) is 2.66. The van der Waals surface area contributed by atoms with Crippen LogP contribution in [0.25, 0.3) is 6.08 Å². The van der Waals surface area contributed by atoms with Crippen molar-refractivity contribution < 1.29 is 14.3 Å². The average Bonchev–Trinajstić information content (AvgIpc) is 3.04. The Kier molecular flexibility index (Phi) is 4.24. The first-order valence-corrected chi connectivity index (χ1v) is 7.41. The van der Waals surface area contributed by atoms with E-state index in [2.05, 4.69) is 5.32 Å². The normalized spacial score (nSPS) is 13.7. The molecule has 1 aliphatic carbocycles. The van der Waals surface area contributed by atoms with Crippen LogP contribution in [0, 0.1) is 0 Å². The van der Waals surface area contributed by atoms with Crippen molar-refractivity contribution in [1.82, 2.24) is 5.32 Å². The molecule has 1 amide bonds. The summed E-state index contributed by atoms with van der Waals surface area (Å²) in [5.74, 6) is -0.735. The first kappa shape index (κ1) is 15.0. The van der Waals surface area contributed by atoms with Gasteiger partial charge in [0.05, 0.1) is 7.11 Å².